The van der Waals surface area contributed by atoms with E-state index in [0.29, 0.717) is 17.6 Å². The first-order valence-electron chi connectivity index (χ1n) is 8.32. The molecule has 0 unspecified atom stereocenters. The number of fused-ring (bicyclic) bond motifs is 1. The van der Waals surface area contributed by atoms with Crippen LogP contribution >= 0.6 is 0 Å². The van der Waals surface area contributed by atoms with Crippen molar-refractivity contribution in [3.05, 3.63) is 53.0 Å². The molecule has 2 heterocycles. The van der Waals surface area contributed by atoms with Gasteiger partial charge in [-0.1, -0.05) is 12.1 Å². The van der Waals surface area contributed by atoms with E-state index in [1.165, 1.54) is 4.57 Å². The molecule has 0 saturated carbocycles. The van der Waals surface area contributed by atoms with Crippen LogP contribution in [0, 0.1) is 6.92 Å². The van der Waals surface area contributed by atoms with Crippen molar-refractivity contribution in [3.63, 3.8) is 0 Å². The maximum absolute atomic E-state index is 12.7. The van der Waals surface area contributed by atoms with Crippen LogP contribution in [-0.2, 0) is 11.3 Å². The summed E-state index contributed by atoms with van der Waals surface area (Å²) in [6.45, 7) is 5.08. The van der Waals surface area contributed by atoms with Gasteiger partial charge in [0.1, 0.15) is 11.9 Å². The van der Waals surface area contributed by atoms with E-state index in [9.17, 15) is 9.59 Å². The third-order valence-corrected chi connectivity index (χ3v) is 4.46. The second-order valence-corrected chi connectivity index (χ2v) is 6.16. The van der Waals surface area contributed by atoms with Gasteiger partial charge in [-0.2, -0.15) is 0 Å². The molecular weight excluding hydrogens is 320 g/mol. The van der Waals surface area contributed by atoms with Crippen LogP contribution in [0.4, 0.5) is 0 Å². The van der Waals surface area contributed by atoms with E-state index in [1.54, 1.807) is 43.3 Å². The zero-order valence-corrected chi connectivity index (χ0v) is 14.7. The molecule has 0 fully saturated rings. The number of rotatable bonds is 6. The summed E-state index contributed by atoms with van der Waals surface area (Å²) in [5.74, 6) is 0.333. The summed E-state index contributed by atoms with van der Waals surface area (Å²) in [4.78, 5) is 30.7. The number of carbonyl (C=O) groups is 1. The predicted molar refractivity (Wildman–Crippen MR) is 94.4 cm³/mol. The zero-order valence-electron chi connectivity index (χ0n) is 14.7. The van der Waals surface area contributed by atoms with Gasteiger partial charge in [0.2, 0.25) is 5.91 Å². The Morgan fingerprint density at radius 1 is 1.36 bits per heavy atom. The molecule has 3 aromatic rings. The minimum Gasteiger partial charge on any atom is -0.408 e. The number of benzene rings is 1. The Hall–Kier alpha value is -2.83. The number of aryl methyl sites for hydroxylation is 2. The molecule has 132 valence electrons. The number of hydrogen-bond donors (Lipinski definition) is 0. The summed E-state index contributed by atoms with van der Waals surface area (Å²) in [5, 5.41) is 0. The fourth-order valence-electron chi connectivity index (χ4n) is 3.01. The normalized spacial score (nSPS) is 12.4. The lowest BCUT2D eigenvalue weighted by atomic mass is 10.2. The fourth-order valence-corrected chi connectivity index (χ4v) is 3.01. The van der Waals surface area contributed by atoms with E-state index in [2.05, 4.69) is 9.55 Å². The second kappa shape index (κ2) is 6.96. The highest BCUT2D eigenvalue weighted by atomic mass is 16.4. The van der Waals surface area contributed by atoms with Crippen LogP contribution in [0.15, 0.2) is 45.9 Å². The van der Waals surface area contributed by atoms with Crippen molar-refractivity contribution in [2.45, 2.75) is 32.9 Å². The number of para-hydroxylation sites is 2. The second-order valence-electron chi connectivity index (χ2n) is 6.16. The predicted octanol–water partition coefficient (Wildman–Crippen LogP) is 2.21. The number of hydrogen-bond acceptors (Lipinski definition) is 4. The van der Waals surface area contributed by atoms with Crippen LogP contribution in [-0.4, -0.2) is 38.5 Å². The van der Waals surface area contributed by atoms with E-state index in [4.69, 9.17) is 4.42 Å². The third kappa shape index (κ3) is 3.35. The summed E-state index contributed by atoms with van der Waals surface area (Å²) < 4.78 is 8.68. The number of nitrogens with zero attached hydrogens (tertiary/aromatic N) is 4. The van der Waals surface area contributed by atoms with E-state index < -0.39 is 11.8 Å². The van der Waals surface area contributed by atoms with Gasteiger partial charge in [0.25, 0.3) is 0 Å². The lowest BCUT2D eigenvalue weighted by Gasteiger charge is -2.22. The number of aromatic nitrogens is 3. The minimum absolute atomic E-state index is 0.115. The average Bonchev–Trinajstić information content (AvgIpc) is 3.15. The van der Waals surface area contributed by atoms with Crippen molar-refractivity contribution >= 4 is 17.0 Å². The molecule has 0 aliphatic rings. The molecule has 0 bridgehead atoms. The fraction of sp³-hybridized carbons (Fsp3) is 0.389. The number of imidazole rings is 1. The molecule has 1 amide bonds. The Morgan fingerprint density at radius 2 is 2.12 bits per heavy atom. The molecule has 0 saturated heterocycles. The lowest BCUT2D eigenvalue weighted by molar-refractivity contribution is -0.133. The molecule has 7 heteroatoms. The number of carbonyl (C=O) groups excluding carboxylic acids is 1. The quantitative estimate of drug-likeness (QED) is 0.688. The SMILES string of the molecule is Cc1nccn1CCCN(C)C(=O)[C@H](C)n1c(=O)oc2ccccc21. The van der Waals surface area contributed by atoms with Gasteiger partial charge in [0, 0.05) is 32.5 Å². The van der Waals surface area contributed by atoms with Gasteiger partial charge >= 0.3 is 5.76 Å². The largest absolute Gasteiger partial charge is 0.420 e. The summed E-state index contributed by atoms with van der Waals surface area (Å²) in [6, 6.07) is 6.51. The Kier molecular flexibility index (Phi) is 4.74. The maximum Gasteiger partial charge on any atom is 0.420 e. The van der Waals surface area contributed by atoms with Gasteiger partial charge in [-0.3, -0.25) is 9.36 Å². The highest BCUT2D eigenvalue weighted by Gasteiger charge is 2.23. The van der Waals surface area contributed by atoms with E-state index in [0.717, 1.165) is 18.8 Å². The van der Waals surface area contributed by atoms with Crippen LogP contribution in [0.2, 0.25) is 0 Å². The zero-order chi connectivity index (χ0) is 18.0. The summed E-state index contributed by atoms with van der Waals surface area (Å²) in [5.41, 5.74) is 1.13. The van der Waals surface area contributed by atoms with Crippen molar-refractivity contribution in [3.8, 4) is 0 Å². The van der Waals surface area contributed by atoms with Crippen molar-refractivity contribution in [2.75, 3.05) is 13.6 Å². The Labute approximate surface area is 145 Å². The minimum atomic E-state index is -0.615. The molecule has 0 radical (unpaired) electrons. The molecule has 0 spiro atoms. The Balaban J connectivity index is 1.68. The Bertz CT molecular complexity index is 937. The average molecular weight is 342 g/mol. The lowest BCUT2D eigenvalue weighted by Crippen LogP contribution is -2.36. The van der Waals surface area contributed by atoms with E-state index in [1.807, 2.05) is 19.2 Å². The standard InChI is InChI=1S/C18H22N4O3/c1-13(22-15-7-4-5-8-16(15)25-18(22)24)17(23)20(3)10-6-11-21-12-9-19-14(21)2/h4-5,7-9,12-13H,6,10-11H2,1-3H3/t13-/m0/s1. The van der Waals surface area contributed by atoms with Crippen molar-refractivity contribution in [2.24, 2.45) is 0 Å². The molecule has 0 aliphatic carbocycles. The van der Waals surface area contributed by atoms with Gasteiger partial charge in [0.05, 0.1) is 5.52 Å². The molecule has 1 atom stereocenters. The van der Waals surface area contributed by atoms with Crippen LogP contribution in [0.25, 0.3) is 11.1 Å². The number of likely N-dealkylation sites (N-methyl/N-ethyl adjacent to an activating group) is 1. The van der Waals surface area contributed by atoms with Gasteiger partial charge in [-0.15, -0.1) is 0 Å². The molecule has 0 N–H and O–H groups in total. The first-order valence-corrected chi connectivity index (χ1v) is 8.32. The van der Waals surface area contributed by atoms with Crippen molar-refractivity contribution in [1.82, 2.24) is 19.0 Å². The topological polar surface area (TPSA) is 73.3 Å². The highest BCUT2D eigenvalue weighted by Crippen LogP contribution is 2.18. The van der Waals surface area contributed by atoms with E-state index in [-0.39, 0.29) is 5.91 Å². The van der Waals surface area contributed by atoms with Crippen molar-refractivity contribution in [1.29, 1.82) is 0 Å². The highest BCUT2D eigenvalue weighted by molar-refractivity contribution is 5.82. The molecule has 3 rings (SSSR count). The van der Waals surface area contributed by atoms with E-state index >= 15 is 0 Å². The summed E-state index contributed by atoms with van der Waals surface area (Å²) >= 11 is 0. The number of oxazole rings is 1. The Morgan fingerprint density at radius 3 is 2.84 bits per heavy atom. The molecule has 2 aromatic heterocycles. The van der Waals surface area contributed by atoms with Gasteiger partial charge < -0.3 is 13.9 Å². The van der Waals surface area contributed by atoms with Gasteiger partial charge in [-0.05, 0) is 32.4 Å². The van der Waals surface area contributed by atoms with Crippen molar-refractivity contribution < 1.29 is 9.21 Å². The monoisotopic (exact) mass is 342 g/mol. The summed E-state index contributed by atoms with van der Waals surface area (Å²) in [6.07, 6.45) is 4.51. The molecule has 7 nitrogen and oxygen atoms in total. The van der Waals surface area contributed by atoms with Crippen LogP contribution in [0.5, 0.6) is 0 Å². The maximum atomic E-state index is 12.7. The molecule has 0 aliphatic heterocycles. The first-order chi connectivity index (χ1) is 12.0. The van der Waals surface area contributed by atoms with Gasteiger partial charge in [0.15, 0.2) is 5.58 Å². The molecular formula is C18H22N4O3. The summed E-state index contributed by atoms with van der Waals surface area (Å²) in [7, 11) is 1.76. The van der Waals surface area contributed by atoms with Crippen LogP contribution < -0.4 is 5.76 Å². The van der Waals surface area contributed by atoms with Crippen LogP contribution in [0.3, 0.4) is 0 Å². The third-order valence-electron chi connectivity index (χ3n) is 4.46. The smallest absolute Gasteiger partial charge is 0.408 e. The van der Waals surface area contributed by atoms with Crippen LogP contribution in [0.1, 0.15) is 25.2 Å². The van der Waals surface area contributed by atoms with Gasteiger partial charge in [-0.25, -0.2) is 9.78 Å². The molecule has 1 aromatic carbocycles. The first kappa shape index (κ1) is 17.0. The molecule has 25 heavy (non-hydrogen) atoms. The number of amides is 1.